The highest BCUT2D eigenvalue weighted by atomic mass is 35.5. The third kappa shape index (κ3) is 5.93. The van der Waals surface area contributed by atoms with Gasteiger partial charge in [0.2, 0.25) is 0 Å². The van der Waals surface area contributed by atoms with Gasteiger partial charge in [-0.05, 0) is 23.8 Å². The Labute approximate surface area is 139 Å². The molecule has 122 valence electrons. The number of carbonyl (C=O) groups is 2. The molecule has 0 heterocycles. The lowest BCUT2D eigenvalue weighted by molar-refractivity contribution is -0.143. The lowest BCUT2D eigenvalue weighted by atomic mass is 10.2. The first-order valence-electron chi connectivity index (χ1n) is 6.48. The Morgan fingerprint density at radius 2 is 2.09 bits per heavy atom. The second-order valence-corrected chi connectivity index (χ2v) is 4.57. The highest BCUT2D eigenvalue weighted by molar-refractivity contribution is 6.32. The van der Waals surface area contributed by atoms with Crippen molar-refractivity contribution < 1.29 is 23.8 Å². The molecule has 0 aliphatic heterocycles. The van der Waals surface area contributed by atoms with E-state index in [2.05, 4.69) is 11.2 Å². The van der Waals surface area contributed by atoms with E-state index in [4.69, 9.17) is 32.2 Å². The zero-order valence-corrected chi connectivity index (χ0v) is 13.5. The van der Waals surface area contributed by atoms with Crippen molar-refractivity contribution in [3.05, 3.63) is 28.8 Å². The summed E-state index contributed by atoms with van der Waals surface area (Å²) in [5, 5.41) is 2.71. The van der Waals surface area contributed by atoms with E-state index >= 15 is 0 Å². The molecule has 0 spiro atoms. The first-order valence-corrected chi connectivity index (χ1v) is 6.86. The molecule has 1 aromatic rings. The predicted molar refractivity (Wildman–Crippen MR) is 86.4 cm³/mol. The van der Waals surface area contributed by atoms with E-state index in [-0.39, 0.29) is 6.54 Å². The van der Waals surface area contributed by atoms with Crippen LogP contribution in [0, 0.1) is 12.3 Å². The second kappa shape index (κ2) is 9.38. The van der Waals surface area contributed by atoms with Crippen LogP contribution in [0.5, 0.6) is 11.5 Å². The molecule has 6 nitrogen and oxygen atoms in total. The minimum absolute atomic E-state index is 0.0797. The van der Waals surface area contributed by atoms with Gasteiger partial charge in [0.15, 0.2) is 18.1 Å². The molecule has 1 rings (SSSR count). The molecule has 0 fully saturated rings. The lowest BCUT2D eigenvalue weighted by Crippen LogP contribution is -2.28. The van der Waals surface area contributed by atoms with Gasteiger partial charge in [0.05, 0.1) is 25.8 Å². The molecule has 0 saturated heterocycles. The number of benzene rings is 1. The maximum Gasteiger partial charge on any atom is 0.331 e. The van der Waals surface area contributed by atoms with Crippen LogP contribution in [0.15, 0.2) is 18.2 Å². The molecule has 0 bridgehead atoms. The van der Waals surface area contributed by atoms with Gasteiger partial charge >= 0.3 is 5.97 Å². The number of nitrogens with one attached hydrogen (secondary N) is 1. The molecule has 7 heteroatoms. The van der Waals surface area contributed by atoms with Gasteiger partial charge in [0.25, 0.3) is 5.91 Å². The summed E-state index contributed by atoms with van der Waals surface area (Å²) in [6.07, 6.45) is 7.64. The van der Waals surface area contributed by atoms with Crippen LogP contribution in [0.1, 0.15) is 5.56 Å². The predicted octanol–water partition coefficient (Wildman–Crippen LogP) is 1.66. The number of esters is 1. The maximum absolute atomic E-state index is 11.5. The molecular weight excluding hydrogens is 322 g/mol. The molecular formula is C16H16ClNO5. The number of amides is 1. The van der Waals surface area contributed by atoms with Crippen LogP contribution >= 0.6 is 11.6 Å². The molecule has 0 unspecified atom stereocenters. The summed E-state index contributed by atoms with van der Waals surface area (Å²) < 4.78 is 15.0. The average molecular weight is 338 g/mol. The number of carbonyl (C=O) groups excluding carboxylic acids is 2. The third-order valence-corrected chi connectivity index (χ3v) is 2.88. The first-order chi connectivity index (χ1) is 11.0. The van der Waals surface area contributed by atoms with E-state index in [1.165, 1.54) is 26.4 Å². The Balaban J connectivity index is 2.67. The van der Waals surface area contributed by atoms with E-state index in [1.807, 2.05) is 0 Å². The number of ether oxygens (including phenoxy) is 3. The zero-order valence-electron chi connectivity index (χ0n) is 12.7. The van der Waals surface area contributed by atoms with Crippen molar-refractivity contribution in [3.8, 4) is 23.8 Å². The highest BCUT2D eigenvalue weighted by Crippen LogP contribution is 2.36. The molecule has 0 radical (unpaired) electrons. The molecule has 0 atom stereocenters. The number of hydrogen-bond acceptors (Lipinski definition) is 5. The molecule has 1 N–H and O–H groups in total. The SMILES string of the molecule is C#CCNC(=O)COC(=O)/C=C/c1cc(Cl)c(OC)c(OC)c1. The highest BCUT2D eigenvalue weighted by Gasteiger charge is 2.10. The van der Waals surface area contributed by atoms with E-state index in [0.29, 0.717) is 22.1 Å². The van der Waals surface area contributed by atoms with Crippen molar-refractivity contribution in [2.75, 3.05) is 27.4 Å². The Kier molecular flexibility index (Phi) is 7.51. The minimum Gasteiger partial charge on any atom is -0.493 e. The minimum atomic E-state index is -0.674. The molecule has 0 aliphatic rings. The van der Waals surface area contributed by atoms with Crippen LogP contribution < -0.4 is 14.8 Å². The smallest absolute Gasteiger partial charge is 0.331 e. The lowest BCUT2D eigenvalue weighted by Gasteiger charge is -2.10. The van der Waals surface area contributed by atoms with Gasteiger partial charge in [-0.15, -0.1) is 6.42 Å². The van der Waals surface area contributed by atoms with Crippen molar-refractivity contribution in [2.45, 2.75) is 0 Å². The van der Waals surface area contributed by atoms with Gasteiger partial charge < -0.3 is 19.5 Å². The summed E-state index contributed by atoms with van der Waals surface area (Å²) in [4.78, 5) is 22.8. The van der Waals surface area contributed by atoms with Crippen LogP contribution in [-0.2, 0) is 14.3 Å². The van der Waals surface area contributed by atoms with Gasteiger partial charge in [-0.1, -0.05) is 17.5 Å². The Morgan fingerprint density at radius 1 is 1.35 bits per heavy atom. The summed E-state index contributed by atoms with van der Waals surface area (Å²) >= 11 is 6.06. The number of terminal acetylenes is 1. The molecule has 0 aromatic heterocycles. The van der Waals surface area contributed by atoms with E-state index in [9.17, 15) is 9.59 Å². The number of rotatable bonds is 7. The summed E-state index contributed by atoms with van der Waals surface area (Å²) in [7, 11) is 2.95. The summed E-state index contributed by atoms with van der Waals surface area (Å²) in [5.41, 5.74) is 0.612. The molecule has 0 aliphatic carbocycles. The molecule has 23 heavy (non-hydrogen) atoms. The Morgan fingerprint density at radius 3 is 2.70 bits per heavy atom. The fourth-order valence-electron chi connectivity index (χ4n) is 1.58. The largest absolute Gasteiger partial charge is 0.493 e. The van der Waals surface area contributed by atoms with Crippen LogP contribution in [-0.4, -0.2) is 39.2 Å². The third-order valence-electron chi connectivity index (χ3n) is 2.60. The van der Waals surface area contributed by atoms with Gasteiger partial charge in [-0.25, -0.2) is 4.79 Å². The topological polar surface area (TPSA) is 73.9 Å². The van der Waals surface area contributed by atoms with Crippen molar-refractivity contribution in [3.63, 3.8) is 0 Å². The van der Waals surface area contributed by atoms with Crippen LogP contribution in [0.25, 0.3) is 6.08 Å². The zero-order chi connectivity index (χ0) is 17.2. The fraction of sp³-hybridized carbons (Fsp3) is 0.250. The van der Waals surface area contributed by atoms with E-state index in [0.717, 1.165) is 0 Å². The maximum atomic E-state index is 11.5. The van der Waals surface area contributed by atoms with Crippen LogP contribution in [0.4, 0.5) is 0 Å². The Bertz CT molecular complexity index is 649. The monoisotopic (exact) mass is 337 g/mol. The van der Waals surface area contributed by atoms with Crippen molar-refractivity contribution >= 4 is 29.6 Å². The van der Waals surface area contributed by atoms with Crippen molar-refractivity contribution in [1.29, 1.82) is 0 Å². The van der Waals surface area contributed by atoms with E-state index in [1.54, 1.807) is 12.1 Å². The summed E-state index contributed by atoms with van der Waals surface area (Å²) in [5.74, 6) is 1.92. The second-order valence-electron chi connectivity index (χ2n) is 4.16. The normalized spacial score (nSPS) is 10.0. The van der Waals surface area contributed by atoms with E-state index < -0.39 is 18.5 Å². The van der Waals surface area contributed by atoms with Crippen molar-refractivity contribution in [2.24, 2.45) is 0 Å². The van der Waals surface area contributed by atoms with Gasteiger partial charge in [-0.3, -0.25) is 4.79 Å². The fourth-order valence-corrected chi connectivity index (χ4v) is 1.88. The molecule has 1 aromatic carbocycles. The average Bonchev–Trinajstić information content (AvgIpc) is 2.55. The van der Waals surface area contributed by atoms with Crippen LogP contribution in [0.3, 0.4) is 0 Å². The van der Waals surface area contributed by atoms with Crippen molar-refractivity contribution in [1.82, 2.24) is 5.32 Å². The number of methoxy groups -OCH3 is 2. The van der Waals surface area contributed by atoms with Gasteiger partial charge in [0, 0.05) is 6.08 Å². The van der Waals surface area contributed by atoms with Gasteiger partial charge in [0.1, 0.15) is 0 Å². The van der Waals surface area contributed by atoms with Gasteiger partial charge in [-0.2, -0.15) is 0 Å². The summed E-state index contributed by atoms with van der Waals surface area (Å²) in [6.45, 7) is -0.325. The quantitative estimate of drug-likeness (QED) is 0.465. The first kappa shape index (κ1) is 18.4. The molecule has 0 saturated carbocycles. The Hall–Kier alpha value is -2.65. The summed E-state index contributed by atoms with van der Waals surface area (Å²) in [6, 6.07) is 3.25. The van der Waals surface area contributed by atoms with Crippen LogP contribution in [0.2, 0.25) is 5.02 Å². The number of halogens is 1. The standard InChI is InChI=1S/C16H16ClNO5/c1-4-7-18-14(19)10-23-15(20)6-5-11-8-12(17)16(22-3)13(9-11)21-2/h1,5-6,8-9H,7,10H2,2-3H3,(H,18,19)/b6-5+. The number of hydrogen-bond donors (Lipinski definition) is 1. The molecule has 1 amide bonds.